The molecule has 0 fully saturated rings. The Morgan fingerprint density at radius 2 is 2.14 bits per heavy atom. The van der Waals surface area contributed by atoms with Crippen molar-refractivity contribution < 1.29 is 4.39 Å². The molecule has 118 valence electrons. The van der Waals surface area contributed by atoms with Crippen LogP contribution >= 0.6 is 11.6 Å². The van der Waals surface area contributed by atoms with Crippen molar-refractivity contribution in [2.24, 2.45) is 5.73 Å². The molecule has 5 nitrogen and oxygen atoms in total. The van der Waals surface area contributed by atoms with Gasteiger partial charge in [-0.1, -0.05) is 17.7 Å². The molecule has 2 heterocycles. The van der Waals surface area contributed by atoms with Gasteiger partial charge >= 0.3 is 0 Å². The lowest BCUT2D eigenvalue weighted by atomic mass is 10.1. The fourth-order valence-electron chi connectivity index (χ4n) is 2.86. The summed E-state index contributed by atoms with van der Waals surface area (Å²) < 4.78 is 15.8. The predicted octanol–water partition coefficient (Wildman–Crippen LogP) is 1.98. The maximum absolute atomic E-state index is 13.7. The van der Waals surface area contributed by atoms with Gasteiger partial charge in [0.15, 0.2) is 0 Å². The van der Waals surface area contributed by atoms with Crippen LogP contribution in [0.5, 0.6) is 0 Å². The van der Waals surface area contributed by atoms with Gasteiger partial charge in [0.25, 0.3) is 0 Å². The smallest absolute Gasteiger partial charge is 0.147 e. The van der Waals surface area contributed by atoms with Crippen LogP contribution in [0.4, 0.5) is 4.39 Å². The zero-order chi connectivity index (χ0) is 15.5. The second-order valence-corrected chi connectivity index (χ2v) is 5.88. The van der Waals surface area contributed by atoms with Crippen LogP contribution in [0, 0.1) is 5.82 Å². The van der Waals surface area contributed by atoms with E-state index in [1.54, 1.807) is 12.1 Å². The first-order valence-electron chi connectivity index (χ1n) is 7.45. The van der Waals surface area contributed by atoms with Crippen molar-refractivity contribution in [2.45, 2.75) is 32.5 Å². The monoisotopic (exact) mass is 323 g/mol. The number of nitrogens with zero attached hydrogens (tertiary/aromatic N) is 4. The minimum Gasteiger partial charge on any atom is -0.324 e. The third kappa shape index (κ3) is 3.14. The molecule has 3 rings (SSSR count). The summed E-state index contributed by atoms with van der Waals surface area (Å²) in [5.41, 5.74) is 6.25. The molecule has 0 unspecified atom stereocenters. The van der Waals surface area contributed by atoms with Gasteiger partial charge < -0.3 is 10.3 Å². The van der Waals surface area contributed by atoms with E-state index < -0.39 is 0 Å². The van der Waals surface area contributed by atoms with E-state index in [1.807, 2.05) is 0 Å². The van der Waals surface area contributed by atoms with Crippen LogP contribution in [-0.4, -0.2) is 32.8 Å². The lowest BCUT2D eigenvalue weighted by molar-refractivity contribution is 0.213. The molecule has 0 bridgehead atoms. The summed E-state index contributed by atoms with van der Waals surface area (Å²) in [7, 11) is 0. The predicted molar refractivity (Wildman–Crippen MR) is 82.9 cm³/mol. The largest absolute Gasteiger partial charge is 0.324 e. The molecule has 0 spiro atoms. The van der Waals surface area contributed by atoms with E-state index in [-0.39, 0.29) is 5.82 Å². The Kier molecular flexibility index (Phi) is 4.71. The van der Waals surface area contributed by atoms with Gasteiger partial charge in [0.1, 0.15) is 17.5 Å². The van der Waals surface area contributed by atoms with E-state index in [0.717, 1.165) is 44.2 Å². The van der Waals surface area contributed by atoms with Crippen molar-refractivity contribution in [1.29, 1.82) is 0 Å². The Labute approximate surface area is 133 Å². The number of aromatic nitrogens is 3. The van der Waals surface area contributed by atoms with Gasteiger partial charge in [0.05, 0.1) is 13.1 Å². The molecule has 1 aromatic heterocycles. The summed E-state index contributed by atoms with van der Waals surface area (Å²) in [6.07, 6.45) is 1.50. The molecule has 2 aromatic rings. The van der Waals surface area contributed by atoms with Crippen LogP contribution in [-0.2, 0) is 26.1 Å². The summed E-state index contributed by atoms with van der Waals surface area (Å²) in [6.45, 7) is 3.85. The molecule has 1 aliphatic heterocycles. The van der Waals surface area contributed by atoms with Crippen LogP contribution in [0.2, 0.25) is 5.02 Å². The molecule has 0 saturated carbocycles. The molecule has 7 heteroatoms. The minimum atomic E-state index is -0.224. The highest BCUT2D eigenvalue weighted by atomic mass is 35.5. The summed E-state index contributed by atoms with van der Waals surface area (Å²) in [5, 5.41) is 8.78. The van der Waals surface area contributed by atoms with Crippen LogP contribution in [0.25, 0.3) is 0 Å². The first-order chi connectivity index (χ1) is 10.7. The van der Waals surface area contributed by atoms with Gasteiger partial charge in [0, 0.05) is 23.7 Å². The van der Waals surface area contributed by atoms with E-state index in [4.69, 9.17) is 17.3 Å². The molecule has 1 aliphatic rings. The molecule has 0 aliphatic carbocycles. The van der Waals surface area contributed by atoms with Gasteiger partial charge in [-0.05, 0) is 31.5 Å². The van der Waals surface area contributed by atoms with Gasteiger partial charge in [0.2, 0.25) is 0 Å². The second-order valence-electron chi connectivity index (χ2n) is 5.47. The summed E-state index contributed by atoms with van der Waals surface area (Å²) in [4.78, 5) is 2.30. The zero-order valence-corrected chi connectivity index (χ0v) is 13.1. The number of halogens is 2. The average molecular weight is 324 g/mol. The third-order valence-electron chi connectivity index (χ3n) is 4.05. The van der Waals surface area contributed by atoms with E-state index >= 15 is 0 Å². The molecular weight excluding hydrogens is 305 g/mol. The van der Waals surface area contributed by atoms with Gasteiger partial charge in [-0.25, -0.2) is 4.39 Å². The van der Waals surface area contributed by atoms with Crippen molar-refractivity contribution in [3.63, 3.8) is 0 Å². The summed E-state index contributed by atoms with van der Waals surface area (Å²) in [6, 6.07) is 4.82. The Morgan fingerprint density at radius 1 is 1.27 bits per heavy atom. The van der Waals surface area contributed by atoms with Gasteiger partial charge in [-0.3, -0.25) is 4.90 Å². The first-order valence-corrected chi connectivity index (χ1v) is 7.83. The molecule has 2 N–H and O–H groups in total. The highest BCUT2D eigenvalue weighted by molar-refractivity contribution is 6.31. The second kappa shape index (κ2) is 6.73. The van der Waals surface area contributed by atoms with E-state index in [0.29, 0.717) is 23.6 Å². The maximum Gasteiger partial charge on any atom is 0.147 e. The van der Waals surface area contributed by atoms with Crippen molar-refractivity contribution in [3.8, 4) is 0 Å². The summed E-state index contributed by atoms with van der Waals surface area (Å²) >= 11 is 6.05. The minimum absolute atomic E-state index is 0.224. The number of hydrogen-bond donors (Lipinski definition) is 1. The van der Waals surface area contributed by atoms with Crippen LogP contribution < -0.4 is 5.73 Å². The molecule has 0 saturated heterocycles. The third-order valence-corrected chi connectivity index (χ3v) is 4.41. The standard InChI is InChI=1S/C15H19ClFN5/c16-12-4-1-5-13(17)11(12)3-2-6-21-7-8-22-14(9-18)19-20-15(22)10-21/h1,4-5H,2-3,6-10,18H2. The molecule has 0 amide bonds. The normalized spacial score (nSPS) is 15.0. The molecule has 22 heavy (non-hydrogen) atoms. The SMILES string of the molecule is NCc1nnc2n1CCN(CCCc1c(F)cccc1Cl)C2. The Balaban J connectivity index is 1.55. The van der Waals surface area contributed by atoms with Gasteiger partial charge in [-0.15, -0.1) is 10.2 Å². The highest BCUT2D eigenvalue weighted by Crippen LogP contribution is 2.21. The van der Waals surface area contributed by atoms with Gasteiger partial charge in [-0.2, -0.15) is 0 Å². The summed E-state index contributed by atoms with van der Waals surface area (Å²) in [5.74, 6) is 1.57. The van der Waals surface area contributed by atoms with Crippen molar-refractivity contribution in [2.75, 3.05) is 13.1 Å². The zero-order valence-electron chi connectivity index (χ0n) is 12.3. The molecule has 0 radical (unpaired) electrons. The first kappa shape index (κ1) is 15.4. The van der Waals surface area contributed by atoms with Crippen LogP contribution in [0.3, 0.4) is 0 Å². The van der Waals surface area contributed by atoms with Crippen LogP contribution in [0.15, 0.2) is 18.2 Å². The van der Waals surface area contributed by atoms with E-state index in [9.17, 15) is 4.39 Å². The fourth-order valence-corrected chi connectivity index (χ4v) is 3.12. The fraction of sp³-hybridized carbons (Fsp3) is 0.467. The number of fused-ring (bicyclic) bond motifs is 1. The Bertz CT molecular complexity index is 637. The van der Waals surface area contributed by atoms with E-state index in [2.05, 4.69) is 19.7 Å². The molecular formula is C15H19ClFN5. The topological polar surface area (TPSA) is 60.0 Å². The Morgan fingerprint density at radius 3 is 2.91 bits per heavy atom. The lowest BCUT2D eigenvalue weighted by Gasteiger charge is -2.27. The maximum atomic E-state index is 13.7. The van der Waals surface area contributed by atoms with Crippen molar-refractivity contribution >= 4 is 11.6 Å². The molecule has 1 aromatic carbocycles. The lowest BCUT2D eigenvalue weighted by Crippen LogP contribution is -2.35. The number of benzene rings is 1. The average Bonchev–Trinajstić information content (AvgIpc) is 2.92. The highest BCUT2D eigenvalue weighted by Gasteiger charge is 2.20. The van der Waals surface area contributed by atoms with Crippen molar-refractivity contribution in [3.05, 3.63) is 46.3 Å². The number of hydrogen-bond acceptors (Lipinski definition) is 4. The van der Waals surface area contributed by atoms with E-state index in [1.165, 1.54) is 6.07 Å². The Hall–Kier alpha value is -1.50. The van der Waals surface area contributed by atoms with Crippen LogP contribution in [0.1, 0.15) is 23.6 Å². The number of nitrogens with two attached hydrogens (primary N) is 1. The molecule has 0 atom stereocenters. The quantitative estimate of drug-likeness (QED) is 0.914. The van der Waals surface area contributed by atoms with Crippen molar-refractivity contribution in [1.82, 2.24) is 19.7 Å². The number of rotatable bonds is 5.